The number of primary amides is 1. The van der Waals surface area contributed by atoms with Gasteiger partial charge in [-0.05, 0) is 42.0 Å². The molecular formula is C19H17FN2O4. The van der Waals surface area contributed by atoms with Gasteiger partial charge >= 0.3 is 0 Å². The third-order valence-electron chi connectivity index (χ3n) is 4.18. The Hall–Kier alpha value is -3.22. The summed E-state index contributed by atoms with van der Waals surface area (Å²) in [5, 5.41) is 0. The number of Topliss-reactive ketones (excluding diaryl/α,β-unsaturated/α-hetero) is 1. The molecule has 0 saturated carbocycles. The number of anilines is 1. The van der Waals surface area contributed by atoms with Crippen LogP contribution < -0.4 is 15.4 Å². The first kappa shape index (κ1) is 17.6. The fourth-order valence-electron chi connectivity index (χ4n) is 2.85. The van der Waals surface area contributed by atoms with Crippen LogP contribution in [0.3, 0.4) is 0 Å². The van der Waals surface area contributed by atoms with E-state index >= 15 is 0 Å². The summed E-state index contributed by atoms with van der Waals surface area (Å²) >= 11 is 0. The van der Waals surface area contributed by atoms with Gasteiger partial charge in [0.2, 0.25) is 11.7 Å². The lowest BCUT2D eigenvalue weighted by molar-refractivity contribution is -0.138. The first-order chi connectivity index (χ1) is 12.4. The van der Waals surface area contributed by atoms with E-state index in [0.717, 1.165) is 0 Å². The zero-order valence-corrected chi connectivity index (χ0v) is 13.9. The maximum absolute atomic E-state index is 13.1. The average molecular weight is 356 g/mol. The highest BCUT2D eigenvalue weighted by Crippen LogP contribution is 2.27. The smallest absolute Gasteiger partial charge is 0.285 e. The van der Waals surface area contributed by atoms with Crippen molar-refractivity contribution in [3.63, 3.8) is 0 Å². The van der Waals surface area contributed by atoms with Gasteiger partial charge in [-0.15, -0.1) is 0 Å². The van der Waals surface area contributed by atoms with Crippen molar-refractivity contribution in [2.45, 2.75) is 13.0 Å². The summed E-state index contributed by atoms with van der Waals surface area (Å²) in [6, 6.07) is 12.9. The number of carbonyl (C=O) groups excluding carboxylic acids is 3. The van der Waals surface area contributed by atoms with Gasteiger partial charge in [0.05, 0.1) is 5.92 Å². The van der Waals surface area contributed by atoms with Crippen molar-refractivity contribution >= 4 is 23.3 Å². The highest BCUT2D eigenvalue weighted by Gasteiger charge is 2.36. The van der Waals surface area contributed by atoms with E-state index in [2.05, 4.69) is 0 Å². The molecule has 0 aromatic heterocycles. The molecule has 134 valence electrons. The number of nitrogens with two attached hydrogens (primary N) is 1. The van der Waals surface area contributed by atoms with Crippen molar-refractivity contribution in [1.82, 2.24) is 0 Å². The molecule has 2 aromatic rings. The molecule has 7 heteroatoms. The summed E-state index contributed by atoms with van der Waals surface area (Å²) in [6.07, 6.45) is -0.0282. The molecule has 2 aromatic carbocycles. The number of hydrogen-bond acceptors (Lipinski definition) is 4. The average Bonchev–Trinajstić information content (AvgIpc) is 3.01. The molecule has 1 aliphatic heterocycles. The number of halogens is 1. The Bertz CT molecular complexity index is 851. The van der Waals surface area contributed by atoms with E-state index in [1.165, 1.54) is 17.0 Å². The van der Waals surface area contributed by atoms with Gasteiger partial charge in [0, 0.05) is 18.7 Å². The second-order valence-corrected chi connectivity index (χ2v) is 6.05. The van der Waals surface area contributed by atoms with E-state index in [9.17, 15) is 18.8 Å². The highest BCUT2D eigenvalue weighted by molar-refractivity contribution is 6.37. The van der Waals surface area contributed by atoms with Crippen molar-refractivity contribution in [1.29, 1.82) is 0 Å². The first-order valence-electron chi connectivity index (χ1n) is 8.05. The molecule has 2 N–H and O–H groups in total. The van der Waals surface area contributed by atoms with Crippen LogP contribution in [-0.4, -0.2) is 24.1 Å². The number of hydrogen-bond donors (Lipinski definition) is 1. The van der Waals surface area contributed by atoms with Crippen LogP contribution in [-0.2, 0) is 21.0 Å². The number of ether oxygens (including phenoxy) is 1. The normalized spacial score (nSPS) is 16.6. The quantitative estimate of drug-likeness (QED) is 0.800. The van der Waals surface area contributed by atoms with E-state index in [0.29, 0.717) is 17.0 Å². The van der Waals surface area contributed by atoms with Crippen LogP contribution in [0.1, 0.15) is 12.0 Å². The Morgan fingerprint density at radius 1 is 1.19 bits per heavy atom. The Morgan fingerprint density at radius 2 is 1.92 bits per heavy atom. The third kappa shape index (κ3) is 3.88. The molecule has 1 saturated heterocycles. The van der Waals surface area contributed by atoms with Crippen LogP contribution in [0.4, 0.5) is 10.1 Å². The van der Waals surface area contributed by atoms with Crippen molar-refractivity contribution in [3.05, 3.63) is 59.9 Å². The SMILES string of the molecule is NC(=O)C(=O)[C@@H]1CC(=O)N(c2ccc(OCc3cccc(F)c3)cc2)C1. The monoisotopic (exact) mass is 356 g/mol. The van der Waals surface area contributed by atoms with Crippen LogP contribution in [0.5, 0.6) is 5.75 Å². The maximum Gasteiger partial charge on any atom is 0.285 e. The Kier molecular flexibility index (Phi) is 4.97. The topological polar surface area (TPSA) is 89.7 Å². The zero-order chi connectivity index (χ0) is 18.7. The standard InChI is InChI=1S/C19H17FN2O4/c20-14-3-1-2-12(8-14)11-26-16-6-4-15(5-7-16)22-10-13(9-17(22)23)18(24)19(21)25/h1-8,13H,9-11H2,(H2,21,25)/t13-/m1/s1. The van der Waals surface area contributed by atoms with Crippen molar-refractivity contribution < 1.29 is 23.5 Å². The molecule has 3 rings (SSSR count). The number of carbonyl (C=O) groups is 3. The second-order valence-electron chi connectivity index (χ2n) is 6.05. The molecule has 0 unspecified atom stereocenters. The van der Waals surface area contributed by atoms with E-state index in [1.807, 2.05) is 0 Å². The molecule has 1 atom stereocenters. The van der Waals surface area contributed by atoms with Gasteiger partial charge in [-0.2, -0.15) is 0 Å². The van der Waals surface area contributed by atoms with Gasteiger partial charge in [0.1, 0.15) is 18.2 Å². The molecule has 0 aliphatic carbocycles. The first-order valence-corrected chi connectivity index (χ1v) is 8.05. The maximum atomic E-state index is 13.1. The van der Waals surface area contributed by atoms with Crippen LogP contribution in [0, 0.1) is 11.7 Å². The summed E-state index contributed by atoms with van der Waals surface area (Å²) in [6.45, 7) is 0.346. The van der Waals surface area contributed by atoms with Crippen LogP contribution in [0.25, 0.3) is 0 Å². The molecule has 1 aliphatic rings. The molecule has 0 radical (unpaired) electrons. The summed E-state index contributed by atoms with van der Waals surface area (Å²) in [5.74, 6) is -2.45. The van der Waals surface area contributed by atoms with Crippen molar-refractivity contribution in [2.75, 3.05) is 11.4 Å². The fraction of sp³-hybridized carbons (Fsp3) is 0.211. The van der Waals surface area contributed by atoms with Crippen LogP contribution in [0.2, 0.25) is 0 Å². The number of nitrogens with zero attached hydrogens (tertiary/aromatic N) is 1. The lowest BCUT2D eigenvalue weighted by atomic mass is 10.0. The van der Waals surface area contributed by atoms with Gasteiger partial charge < -0.3 is 15.4 Å². The Labute approximate surface area is 149 Å². The van der Waals surface area contributed by atoms with Gasteiger partial charge in [-0.25, -0.2) is 4.39 Å². The number of benzene rings is 2. The Morgan fingerprint density at radius 3 is 2.58 bits per heavy atom. The largest absolute Gasteiger partial charge is 0.489 e. The Balaban J connectivity index is 1.63. The predicted molar refractivity (Wildman–Crippen MR) is 91.8 cm³/mol. The van der Waals surface area contributed by atoms with Crippen LogP contribution in [0.15, 0.2) is 48.5 Å². The zero-order valence-electron chi connectivity index (χ0n) is 13.9. The number of ketones is 1. The van der Waals surface area contributed by atoms with Gasteiger partial charge in [-0.1, -0.05) is 12.1 Å². The third-order valence-corrected chi connectivity index (χ3v) is 4.18. The van der Waals surface area contributed by atoms with Crippen LogP contribution >= 0.6 is 0 Å². The van der Waals surface area contributed by atoms with Gasteiger partial charge in [0.15, 0.2) is 0 Å². The van der Waals surface area contributed by atoms with E-state index in [1.54, 1.807) is 36.4 Å². The minimum Gasteiger partial charge on any atom is -0.489 e. The van der Waals surface area contributed by atoms with E-state index in [-0.39, 0.29) is 31.3 Å². The lowest BCUT2D eigenvalue weighted by Crippen LogP contribution is -2.32. The van der Waals surface area contributed by atoms with Gasteiger partial charge in [-0.3, -0.25) is 14.4 Å². The summed E-state index contributed by atoms with van der Waals surface area (Å²) in [5.41, 5.74) is 6.31. The highest BCUT2D eigenvalue weighted by atomic mass is 19.1. The molecule has 0 spiro atoms. The summed E-state index contributed by atoms with van der Waals surface area (Å²) in [7, 11) is 0. The lowest BCUT2D eigenvalue weighted by Gasteiger charge is -2.17. The number of rotatable bonds is 6. The second kappa shape index (κ2) is 7.35. The van der Waals surface area contributed by atoms with Crippen molar-refractivity contribution in [3.8, 4) is 5.75 Å². The predicted octanol–water partition coefficient (Wildman–Crippen LogP) is 1.81. The minimum absolute atomic E-state index is 0.0282. The summed E-state index contributed by atoms with van der Waals surface area (Å²) in [4.78, 5) is 36.2. The van der Waals surface area contributed by atoms with Crippen molar-refractivity contribution in [2.24, 2.45) is 11.7 Å². The molecular weight excluding hydrogens is 339 g/mol. The number of amides is 2. The van der Waals surface area contributed by atoms with E-state index < -0.39 is 17.6 Å². The molecule has 26 heavy (non-hydrogen) atoms. The van der Waals surface area contributed by atoms with Gasteiger partial charge in [0.25, 0.3) is 5.91 Å². The molecule has 2 amide bonds. The van der Waals surface area contributed by atoms with E-state index in [4.69, 9.17) is 10.5 Å². The summed E-state index contributed by atoms with van der Waals surface area (Å²) < 4.78 is 18.7. The fourth-order valence-corrected chi connectivity index (χ4v) is 2.85. The molecule has 6 nitrogen and oxygen atoms in total. The molecule has 1 fully saturated rings. The molecule has 1 heterocycles. The molecule has 0 bridgehead atoms. The minimum atomic E-state index is -1.02.